The Hall–Kier alpha value is -2.54. The summed E-state index contributed by atoms with van der Waals surface area (Å²) < 4.78 is 5.36. The number of nitrogens with zero attached hydrogens (tertiary/aromatic N) is 3. The summed E-state index contributed by atoms with van der Waals surface area (Å²) in [5.74, 6) is 0.848. The first-order valence-corrected chi connectivity index (χ1v) is 7.88. The number of anilines is 1. The van der Waals surface area contributed by atoms with Gasteiger partial charge in [0.2, 0.25) is 0 Å². The number of carbonyl (C=O) groups is 1. The third kappa shape index (κ3) is 3.21. The van der Waals surface area contributed by atoms with Crippen molar-refractivity contribution in [3.63, 3.8) is 0 Å². The van der Waals surface area contributed by atoms with Gasteiger partial charge in [-0.25, -0.2) is 0 Å². The Labute approximate surface area is 143 Å². The minimum atomic E-state index is -0.440. The lowest BCUT2D eigenvalue weighted by Gasteiger charge is -2.35. The molecule has 0 aliphatic carbocycles. The second-order valence-electron chi connectivity index (χ2n) is 5.58. The number of halogens is 1. The van der Waals surface area contributed by atoms with E-state index in [9.17, 15) is 14.9 Å². The lowest BCUT2D eigenvalue weighted by molar-refractivity contribution is -0.384. The van der Waals surface area contributed by atoms with Crippen LogP contribution in [0, 0.1) is 17.0 Å². The highest BCUT2D eigenvalue weighted by molar-refractivity contribution is 6.30. The van der Waals surface area contributed by atoms with Crippen LogP contribution in [0.1, 0.15) is 16.3 Å². The number of furan rings is 1. The molecule has 2 heterocycles. The number of nitro benzene ring substituents is 1. The van der Waals surface area contributed by atoms with E-state index >= 15 is 0 Å². The van der Waals surface area contributed by atoms with Crippen LogP contribution in [0.2, 0.25) is 5.02 Å². The summed E-state index contributed by atoms with van der Waals surface area (Å²) in [6, 6.07) is 8.04. The summed E-state index contributed by atoms with van der Waals surface area (Å²) in [7, 11) is 0. The second kappa shape index (κ2) is 6.52. The van der Waals surface area contributed by atoms with Crippen LogP contribution in [0.5, 0.6) is 0 Å². The molecule has 1 aromatic carbocycles. The second-order valence-corrected chi connectivity index (χ2v) is 6.02. The van der Waals surface area contributed by atoms with Gasteiger partial charge < -0.3 is 14.2 Å². The monoisotopic (exact) mass is 349 g/mol. The molecule has 1 aliphatic rings. The van der Waals surface area contributed by atoms with Gasteiger partial charge in [0.25, 0.3) is 11.6 Å². The van der Waals surface area contributed by atoms with Crippen molar-refractivity contribution in [2.75, 3.05) is 31.1 Å². The summed E-state index contributed by atoms with van der Waals surface area (Å²) in [6.45, 7) is 3.74. The summed E-state index contributed by atoms with van der Waals surface area (Å²) in [5, 5.41) is 11.5. The maximum atomic E-state index is 12.4. The van der Waals surface area contributed by atoms with E-state index in [1.54, 1.807) is 36.1 Å². The zero-order chi connectivity index (χ0) is 17.3. The number of rotatable bonds is 3. The van der Waals surface area contributed by atoms with Crippen LogP contribution in [0.15, 0.2) is 34.7 Å². The van der Waals surface area contributed by atoms with E-state index in [4.69, 9.17) is 16.0 Å². The van der Waals surface area contributed by atoms with Gasteiger partial charge in [0.1, 0.15) is 11.4 Å². The zero-order valence-corrected chi connectivity index (χ0v) is 13.8. The molecule has 1 aromatic heterocycles. The van der Waals surface area contributed by atoms with Crippen molar-refractivity contribution in [1.29, 1.82) is 0 Å². The van der Waals surface area contributed by atoms with E-state index in [1.807, 2.05) is 4.90 Å². The van der Waals surface area contributed by atoms with Gasteiger partial charge in [-0.15, -0.1) is 0 Å². The molecule has 1 amide bonds. The normalized spacial score (nSPS) is 14.8. The molecule has 7 nitrogen and oxygen atoms in total. The van der Waals surface area contributed by atoms with E-state index < -0.39 is 4.92 Å². The topological polar surface area (TPSA) is 79.8 Å². The smallest absolute Gasteiger partial charge is 0.294 e. The molecule has 24 heavy (non-hydrogen) atoms. The molecule has 8 heteroatoms. The predicted molar refractivity (Wildman–Crippen MR) is 89.7 cm³/mol. The highest BCUT2D eigenvalue weighted by Gasteiger charge is 2.27. The van der Waals surface area contributed by atoms with Crippen molar-refractivity contribution < 1.29 is 14.1 Å². The molecule has 0 spiro atoms. The van der Waals surface area contributed by atoms with Gasteiger partial charge in [0.15, 0.2) is 5.76 Å². The zero-order valence-electron chi connectivity index (χ0n) is 13.1. The quantitative estimate of drug-likeness (QED) is 0.628. The van der Waals surface area contributed by atoms with E-state index in [1.165, 1.54) is 6.07 Å². The lowest BCUT2D eigenvalue weighted by Crippen LogP contribution is -2.48. The van der Waals surface area contributed by atoms with Gasteiger partial charge in [-0.05, 0) is 31.2 Å². The van der Waals surface area contributed by atoms with E-state index in [2.05, 4.69) is 0 Å². The van der Waals surface area contributed by atoms with Gasteiger partial charge in [0, 0.05) is 37.3 Å². The molecule has 0 N–H and O–H groups in total. The van der Waals surface area contributed by atoms with Crippen molar-refractivity contribution in [2.24, 2.45) is 0 Å². The summed E-state index contributed by atoms with van der Waals surface area (Å²) in [5.41, 5.74) is 0.495. The molecule has 0 atom stereocenters. The number of aryl methyl sites for hydroxylation is 1. The Morgan fingerprint density at radius 3 is 2.50 bits per heavy atom. The molecule has 0 saturated carbocycles. The van der Waals surface area contributed by atoms with Crippen LogP contribution >= 0.6 is 11.6 Å². The molecule has 0 radical (unpaired) electrons. The molecule has 3 rings (SSSR count). The third-order valence-corrected chi connectivity index (χ3v) is 4.23. The number of benzene rings is 1. The van der Waals surface area contributed by atoms with Gasteiger partial charge in [-0.2, -0.15) is 0 Å². The van der Waals surface area contributed by atoms with Gasteiger partial charge >= 0.3 is 0 Å². The minimum Gasteiger partial charge on any atom is -0.456 e. The molecule has 2 aromatic rings. The summed E-state index contributed by atoms with van der Waals surface area (Å²) in [4.78, 5) is 26.7. The summed E-state index contributed by atoms with van der Waals surface area (Å²) in [6.07, 6.45) is 0. The van der Waals surface area contributed by atoms with E-state index in [-0.39, 0.29) is 11.6 Å². The molecule has 1 saturated heterocycles. The van der Waals surface area contributed by atoms with Crippen LogP contribution in [0.4, 0.5) is 11.4 Å². The minimum absolute atomic E-state index is 0.0241. The number of hydrogen-bond acceptors (Lipinski definition) is 5. The standard InChI is InChI=1S/C16H16ClN3O4/c1-11-2-5-15(24-11)16(21)19-8-6-18(7-9-19)13-4-3-12(17)10-14(13)20(22)23/h2-5,10H,6-9H2,1H3. The van der Waals surface area contributed by atoms with Crippen LogP contribution in [0.25, 0.3) is 0 Å². The molecule has 0 unspecified atom stereocenters. The van der Waals surface area contributed by atoms with E-state index in [0.717, 1.165) is 0 Å². The van der Waals surface area contributed by atoms with Gasteiger partial charge in [-0.3, -0.25) is 14.9 Å². The van der Waals surface area contributed by atoms with Gasteiger partial charge in [-0.1, -0.05) is 11.6 Å². The van der Waals surface area contributed by atoms with Crippen LogP contribution < -0.4 is 4.90 Å². The Morgan fingerprint density at radius 1 is 1.21 bits per heavy atom. The van der Waals surface area contributed by atoms with Crippen LogP contribution in [-0.4, -0.2) is 41.9 Å². The molecule has 1 fully saturated rings. The predicted octanol–water partition coefficient (Wildman–Crippen LogP) is 3.11. The number of hydrogen-bond donors (Lipinski definition) is 0. The van der Waals surface area contributed by atoms with Crippen molar-refractivity contribution in [2.45, 2.75) is 6.92 Å². The largest absolute Gasteiger partial charge is 0.456 e. The summed E-state index contributed by atoms with van der Waals surface area (Å²) >= 11 is 5.85. The Balaban J connectivity index is 1.71. The first-order chi connectivity index (χ1) is 11.5. The van der Waals surface area contributed by atoms with Crippen molar-refractivity contribution in [1.82, 2.24) is 4.90 Å². The highest BCUT2D eigenvalue weighted by atomic mass is 35.5. The lowest BCUT2D eigenvalue weighted by atomic mass is 10.2. The van der Waals surface area contributed by atoms with Gasteiger partial charge in [0.05, 0.1) is 4.92 Å². The molecular weight excluding hydrogens is 334 g/mol. The Bertz CT molecular complexity index is 781. The number of amides is 1. The maximum Gasteiger partial charge on any atom is 0.294 e. The average molecular weight is 350 g/mol. The Kier molecular flexibility index (Phi) is 4.44. The first kappa shape index (κ1) is 16.3. The van der Waals surface area contributed by atoms with Crippen molar-refractivity contribution in [3.05, 3.63) is 57.0 Å². The van der Waals surface area contributed by atoms with Crippen molar-refractivity contribution >= 4 is 28.9 Å². The van der Waals surface area contributed by atoms with Crippen molar-refractivity contribution in [3.8, 4) is 0 Å². The number of carbonyl (C=O) groups excluding carboxylic acids is 1. The highest BCUT2D eigenvalue weighted by Crippen LogP contribution is 2.31. The average Bonchev–Trinajstić information content (AvgIpc) is 3.01. The molecule has 0 bridgehead atoms. The molecule has 126 valence electrons. The third-order valence-electron chi connectivity index (χ3n) is 3.99. The first-order valence-electron chi connectivity index (χ1n) is 7.50. The number of piperazine rings is 1. The molecular formula is C16H16ClN3O4. The fourth-order valence-corrected chi connectivity index (χ4v) is 2.93. The maximum absolute atomic E-state index is 12.4. The fourth-order valence-electron chi connectivity index (χ4n) is 2.77. The molecule has 1 aliphatic heterocycles. The van der Waals surface area contributed by atoms with Crippen LogP contribution in [0.3, 0.4) is 0 Å². The SMILES string of the molecule is Cc1ccc(C(=O)N2CCN(c3ccc(Cl)cc3[N+](=O)[O-])CC2)o1. The number of nitro groups is 1. The Morgan fingerprint density at radius 2 is 1.92 bits per heavy atom. The van der Waals surface area contributed by atoms with Crippen LogP contribution in [-0.2, 0) is 0 Å². The fraction of sp³-hybridized carbons (Fsp3) is 0.312. The van der Waals surface area contributed by atoms with E-state index in [0.29, 0.717) is 48.4 Å².